The van der Waals surface area contributed by atoms with Crippen LogP contribution in [0.25, 0.3) is 0 Å². The standard InChI is InChI=1S/C29H32N4O5S/c1-2-39(37,38)26-14-13-24(33-27(34)10-6-9-20-7-4-3-5-8-20)15-22(26)18-31-28(35)19-30-23-12-11-21-17-32-29(36)25(21)16-23/h3-5,7-8,11-16,30H,2,6,9-10,17-19H2,1H3,(H,31,35)(H,32,36)(H,33,34). The summed E-state index contributed by atoms with van der Waals surface area (Å²) in [5, 5.41) is 11.3. The normalized spacial score (nSPS) is 12.4. The fraction of sp³-hybridized carbons (Fsp3) is 0.276. The van der Waals surface area contributed by atoms with Crippen LogP contribution in [-0.4, -0.2) is 38.4 Å². The third-order valence-corrected chi connectivity index (χ3v) is 8.32. The molecule has 1 aliphatic heterocycles. The summed E-state index contributed by atoms with van der Waals surface area (Å²) in [7, 11) is -3.55. The van der Waals surface area contributed by atoms with Gasteiger partial charge < -0.3 is 21.3 Å². The highest BCUT2D eigenvalue weighted by atomic mass is 32.2. The third kappa shape index (κ3) is 7.44. The Labute approximate surface area is 228 Å². The van der Waals surface area contributed by atoms with Gasteiger partial charge >= 0.3 is 0 Å². The zero-order chi connectivity index (χ0) is 27.8. The van der Waals surface area contributed by atoms with E-state index in [0.717, 1.165) is 17.5 Å². The van der Waals surface area contributed by atoms with Crippen molar-refractivity contribution in [3.63, 3.8) is 0 Å². The number of benzene rings is 3. The number of hydrogen-bond acceptors (Lipinski definition) is 6. The van der Waals surface area contributed by atoms with E-state index in [4.69, 9.17) is 0 Å². The highest BCUT2D eigenvalue weighted by molar-refractivity contribution is 7.91. The van der Waals surface area contributed by atoms with Crippen molar-refractivity contribution in [3.05, 3.63) is 89.0 Å². The Balaban J connectivity index is 1.35. The number of fused-ring (bicyclic) bond motifs is 1. The van der Waals surface area contributed by atoms with Crippen molar-refractivity contribution in [3.8, 4) is 0 Å². The van der Waals surface area contributed by atoms with Crippen LogP contribution in [0.5, 0.6) is 0 Å². The molecule has 0 aliphatic carbocycles. The Morgan fingerprint density at radius 3 is 2.49 bits per heavy atom. The van der Waals surface area contributed by atoms with Crippen LogP contribution in [0.4, 0.5) is 11.4 Å². The maximum absolute atomic E-state index is 12.7. The summed E-state index contributed by atoms with van der Waals surface area (Å²) in [6.07, 6.45) is 1.79. The molecule has 39 heavy (non-hydrogen) atoms. The van der Waals surface area contributed by atoms with Gasteiger partial charge in [-0.2, -0.15) is 0 Å². The van der Waals surface area contributed by atoms with Crippen LogP contribution in [0.15, 0.2) is 71.6 Å². The molecule has 10 heteroatoms. The van der Waals surface area contributed by atoms with Crippen LogP contribution < -0.4 is 21.3 Å². The summed E-state index contributed by atoms with van der Waals surface area (Å²) in [6, 6.07) is 19.9. The zero-order valence-corrected chi connectivity index (χ0v) is 22.6. The molecule has 1 heterocycles. The lowest BCUT2D eigenvalue weighted by atomic mass is 10.1. The number of hydrogen-bond donors (Lipinski definition) is 4. The maximum Gasteiger partial charge on any atom is 0.251 e. The van der Waals surface area contributed by atoms with E-state index >= 15 is 0 Å². The van der Waals surface area contributed by atoms with Gasteiger partial charge in [0.25, 0.3) is 5.91 Å². The van der Waals surface area contributed by atoms with Crippen LogP contribution in [-0.2, 0) is 38.9 Å². The number of sulfone groups is 1. The molecule has 0 aromatic heterocycles. The van der Waals surface area contributed by atoms with Gasteiger partial charge in [0.15, 0.2) is 9.84 Å². The minimum atomic E-state index is -3.55. The quantitative estimate of drug-likeness (QED) is 0.274. The minimum absolute atomic E-state index is 0.0284. The highest BCUT2D eigenvalue weighted by Gasteiger charge is 2.20. The van der Waals surface area contributed by atoms with Crippen molar-refractivity contribution in [2.24, 2.45) is 0 Å². The summed E-state index contributed by atoms with van der Waals surface area (Å²) in [6.45, 7) is 1.96. The fourth-order valence-electron chi connectivity index (χ4n) is 4.34. The van der Waals surface area contributed by atoms with Gasteiger partial charge in [-0.3, -0.25) is 14.4 Å². The third-order valence-electron chi connectivity index (χ3n) is 6.49. The first kappa shape index (κ1) is 27.8. The van der Waals surface area contributed by atoms with E-state index in [1.165, 1.54) is 6.07 Å². The van der Waals surface area contributed by atoms with Crippen LogP contribution in [0.2, 0.25) is 0 Å². The summed E-state index contributed by atoms with van der Waals surface area (Å²) < 4.78 is 25.3. The lowest BCUT2D eigenvalue weighted by Gasteiger charge is -2.14. The largest absolute Gasteiger partial charge is 0.376 e. The summed E-state index contributed by atoms with van der Waals surface area (Å²) in [5.74, 6) is -0.757. The molecule has 204 valence electrons. The monoisotopic (exact) mass is 548 g/mol. The minimum Gasteiger partial charge on any atom is -0.376 e. The molecular weight excluding hydrogens is 516 g/mol. The molecular formula is C29H32N4O5S. The lowest BCUT2D eigenvalue weighted by molar-refractivity contribution is -0.119. The van der Waals surface area contributed by atoms with Gasteiger partial charge in [0, 0.05) is 36.4 Å². The van der Waals surface area contributed by atoms with Gasteiger partial charge in [0.2, 0.25) is 11.8 Å². The predicted molar refractivity (Wildman–Crippen MR) is 150 cm³/mol. The van der Waals surface area contributed by atoms with Crippen LogP contribution in [0.1, 0.15) is 46.8 Å². The number of rotatable bonds is 12. The second kappa shape index (κ2) is 12.6. The number of aryl methyl sites for hydroxylation is 1. The molecule has 0 bridgehead atoms. The van der Waals surface area contributed by atoms with E-state index in [-0.39, 0.29) is 41.5 Å². The molecule has 0 saturated heterocycles. The summed E-state index contributed by atoms with van der Waals surface area (Å²) in [5.41, 5.74) is 4.13. The van der Waals surface area contributed by atoms with Gasteiger partial charge in [-0.15, -0.1) is 0 Å². The molecule has 0 radical (unpaired) electrons. The molecule has 0 unspecified atom stereocenters. The van der Waals surface area contributed by atoms with Crippen molar-refractivity contribution in [1.82, 2.24) is 10.6 Å². The van der Waals surface area contributed by atoms with E-state index < -0.39 is 9.84 Å². The predicted octanol–water partition coefficient (Wildman–Crippen LogP) is 3.41. The average molecular weight is 549 g/mol. The van der Waals surface area contributed by atoms with E-state index in [0.29, 0.717) is 41.9 Å². The second-order valence-corrected chi connectivity index (χ2v) is 11.5. The molecule has 3 aromatic rings. The van der Waals surface area contributed by atoms with Gasteiger partial charge in [-0.05, 0) is 59.9 Å². The van der Waals surface area contributed by atoms with Crippen molar-refractivity contribution < 1.29 is 22.8 Å². The molecule has 0 saturated carbocycles. The zero-order valence-electron chi connectivity index (χ0n) is 21.8. The molecule has 3 aromatic carbocycles. The number of amides is 3. The highest BCUT2D eigenvalue weighted by Crippen LogP contribution is 2.23. The first-order chi connectivity index (χ1) is 18.7. The summed E-state index contributed by atoms with van der Waals surface area (Å²) in [4.78, 5) is 37.0. The Morgan fingerprint density at radius 2 is 1.72 bits per heavy atom. The lowest BCUT2D eigenvalue weighted by Crippen LogP contribution is -2.30. The van der Waals surface area contributed by atoms with Crippen molar-refractivity contribution in [1.29, 1.82) is 0 Å². The van der Waals surface area contributed by atoms with Gasteiger partial charge in [-0.1, -0.05) is 43.3 Å². The molecule has 3 amide bonds. The van der Waals surface area contributed by atoms with Crippen LogP contribution in [0.3, 0.4) is 0 Å². The van der Waals surface area contributed by atoms with E-state index in [1.807, 2.05) is 36.4 Å². The first-order valence-electron chi connectivity index (χ1n) is 12.9. The van der Waals surface area contributed by atoms with Crippen LogP contribution in [0, 0.1) is 0 Å². The van der Waals surface area contributed by atoms with E-state index in [1.54, 1.807) is 31.2 Å². The second-order valence-electron chi connectivity index (χ2n) is 9.30. The maximum atomic E-state index is 12.7. The van der Waals surface area contributed by atoms with E-state index in [2.05, 4.69) is 21.3 Å². The van der Waals surface area contributed by atoms with Gasteiger partial charge in [0.05, 0.1) is 17.2 Å². The van der Waals surface area contributed by atoms with Crippen LogP contribution >= 0.6 is 0 Å². The smallest absolute Gasteiger partial charge is 0.251 e. The molecule has 0 spiro atoms. The first-order valence-corrected chi connectivity index (χ1v) is 14.5. The van der Waals surface area contributed by atoms with Crippen molar-refractivity contribution in [2.45, 2.75) is 44.2 Å². The molecule has 4 N–H and O–H groups in total. The molecule has 1 aliphatic rings. The molecule has 4 rings (SSSR count). The van der Waals surface area contributed by atoms with Gasteiger partial charge in [-0.25, -0.2) is 8.42 Å². The molecule has 0 fully saturated rings. The molecule has 9 nitrogen and oxygen atoms in total. The Hall–Kier alpha value is -4.18. The Morgan fingerprint density at radius 1 is 0.949 bits per heavy atom. The van der Waals surface area contributed by atoms with E-state index in [9.17, 15) is 22.8 Å². The van der Waals surface area contributed by atoms with Gasteiger partial charge in [0.1, 0.15) is 0 Å². The topological polar surface area (TPSA) is 133 Å². The Bertz CT molecular complexity index is 1470. The number of carbonyl (C=O) groups excluding carboxylic acids is 3. The average Bonchev–Trinajstić information content (AvgIpc) is 3.31. The number of anilines is 2. The molecule has 0 atom stereocenters. The number of carbonyl (C=O) groups is 3. The SMILES string of the molecule is CCS(=O)(=O)c1ccc(NC(=O)CCCc2ccccc2)cc1CNC(=O)CNc1ccc2c(c1)C(=O)NC2. The number of nitrogens with one attached hydrogen (secondary N) is 4. The summed E-state index contributed by atoms with van der Waals surface area (Å²) >= 11 is 0. The Kier molecular flexibility index (Phi) is 8.98. The fourth-order valence-corrected chi connectivity index (χ4v) is 5.45. The van der Waals surface area contributed by atoms with Crippen molar-refractivity contribution in [2.75, 3.05) is 22.9 Å². The van der Waals surface area contributed by atoms with Crippen molar-refractivity contribution >= 4 is 38.9 Å².